The second-order valence-corrected chi connectivity index (χ2v) is 10.0. The Morgan fingerprint density at radius 2 is 1.83 bits per heavy atom. The van der Waals surface area contributed by atoms with Crippen LogP contribution in [0.3, 0.4) is 0 Å². The van der Waals surface area contributed by atoms with Gasteiger partial charge in [0.1, 0.15) is 23.6 Å². The predicted octanol–water partition coefficient (Wildman–Crippen LogP) is 4.00. The van der Waals surface area contributed by atoms with Crippen molar-refractivity contribution in [2.45, 2.75) is 63.5 Å². The van der Waals surface area contributed by atoms with Crippen molar-refractivity contribution in [3.63, 3.8) is 0 Å². The maximum Gasteiger partial charge on any atom is 0.407 e. The van der Waals surface area contributed by atoms with Crippen LogP contribution in [0.5, 0.6) is 0 Å². The van der Waals surface area contributed by atoms with Crippen molar-refractivity contribution < 1.29 is 28.2 Å². The zero-order chi connectivity index (χ0) is 25.2. The number of rotatable bonds is 4. The maximum absolute atomic E-state index is 13.8. The first-order chi connectivity index (χ1) is 16.7. The number of carbonyl (C=O) groups excluding carboxylic acids is 2. The van der Waals surface area contributed by atoms with Crippen molar-refractivity contribution in [3.8, 4) is 0 Å². The molecule has 1 saturated heterocycles. The van der Waals surface area contributed by atoms with Gasteiger partial charge >= 0.3 is 6.09 Å². The van der Waals surface area contributed by atoms with E-state index in [2.05, 4.69) is 11.4 Å². The molecule has 0 spiro atoms. The summed E-state index contributed by atoms with van der Waals surface area (Å²) in [5.41, 5.74) is 2.38. The summed E-state index contributed by atoms with van der Waals surface area (Å²) < 4.78 is 30.5. The van der Waals surface area contributed by atoms with Crippen molar-refractivity contribution in [2.24, 2.45) is 0 Å². The van der Waals surface area contributed by atoms with Gasteiger partial charge < -0.3 is 24.4 Å². The number of fused-ring (bicyclic) bond motifs is 1. The molecule has 0 aromatic heterocycles. The first-order valence-corrected chi connectivity index (χ1v) is 11.9. The van der Waals surface area contributed by atoms with Crippen molar-refractivity contribution >= 4 is 12.0 Å². The molecule has 4 rings (SSSR count). The molecule has 2 aromatic rings. The van der Waals surface area contributed by atoms with Gasteiger partial charge in [-0.15, -0.1) is 0 Å². The molecule has 2 aromatic carbocycles. The van der Waals surface area contributed by atoms with Gasteiger partial charge in [0.15, 0.2) is 0 Å². The van der Waals surface area contributed by atoms with Crippen molar-refractivity contribution in [1.82, 2.24) is 10.2 Å². The number of carbonyl (C=O) groups is 2. The lowest BCUT2D eigenvalue weighted by Crippen LogP contribution is -2.56. The van der Waals surface area contributed by atoms with Gasteiger partial charge in [-0.05, 0) is 56.0 Å². The summed E-state index contributed by atoms with van der Waals surface area (Å²) in [5, 5.41) is 2.85. The maximum atomic E-state index is 13.8. The molecule has 0 saturated carbocycles. The summed E-state index contributed by atoms with van der Waals surface area (Å²) >= 11 is 0. The molecule has 2 aliphatic rings. The average molecular weight is 485 g/mol. The Morgan fingerprint density at radius 1 is 1.11 bits per heavy atom. The molecule has 0 bridgehead atoms. The topological polar surface area (TPSA) is 77.1 Å². The normalized spacial score (nSPS) is 24.4. The molecular formula is C27H33FN2O5. The fraction of sp³-hybridized carbons (Fsp3) is 0.481. The minimum atomic E-state index is -0.755. The number of nitrogens with one attached hydrogen (secondary N) is 1. The molecule has 2 aliphatic heterocycles. The van der Waals surface area contributed by atoms with E-state index in [0.29, 0.717) is 13.0 Å². The molecule has 2 heterocycles. The molecule has 188 valence electrons. The number of ether oxygens (including phenoxy) is 3. The molecule has 1 N–H and O–H groups in total. The number of hydrogen-bond acceptors (Lipinski definition) is 5. The van der Waals surface area contributed by atoms with Crippen LogP contribution >= 0.6 is 0 Å². The molecular weight excluding hydrogens is 451 g/mol. The third-order valence-corrected chi connectivity index (χ3v) is 6.41. The van der Waals surface area contributed by atoms with Crippen molar-refractivity contribution in [2.75, 3.05) is 20.3 Å². The quantitative estimate of drug-likeness (QED) is 0.710. The van der Waals surface area contributed by atoms with Crippen LogP contribution in [0.1, 0.15) is 49.9 Å². The van der Waals surface area contributed by atoms with Crippen LogP contribution in [0, 0.1) is 5.82 Å². The number of methoxy groups -OCH3 is 1. The molecule has 4 atom stereocenters. The fourth-order valence-corrected chi connectivity index (χ4v) is 4.79. The van der Waals surface area contributed by atoms with Gasteiger partial charge in [-0.2, -0.15) is 0 Å². The minimum absolute atomic E-state index is 0.166. The Labute approximate surface area is 205 Å². The summed E-state index contributed by atoms with van der Waals surface area (Å²) in [6.45, 7) is 6.05. The zero-order valence-corrected chi connectivity index (χ0v) is 20.6. The summed E-state index contributed by atoms with van der Waals surface area (Å²) in [6, 6.07) is 13.5. The van der Waals surface area contributed by atoms with E-state index >= 15 is 0 Å². The first kappa shape index (κ1) is 25.1. The average Bonchev–Trinajstić information content (AvgIpc) is 2.82. The predicted molar refractivity (Wildman–Crippen MR) is 128 cm³/mol. The number of amides is 2. The van der Waals surface area contributed by atoms with Gasteiger partial charge in [-0.3, -0.25) is 4.79 Å². The van der Waals surface area contributed by atoms with Crippen LogP contribution in [-0.2, 0) is 25.4 Å². The van der Waals surface area contributed by atoms with E-state index in [9.17, 15) is 14.0 Å². The van der Waals surface area contributed by atoms with E-state index in [1.165, 1.54) is 17.7 Å². The lowest BCUT2D eigenvalue weighted by Gasteiger charge is -2.42. The largest absolute Gasteiger partial charge is 0.444 e. The summed E-state index contributed by atoms with van der Waals surface area (Å²) in [6.07, 6.45) is -0.748. The molecule has 0 aliphatic carbocycles. The molecule has 0 radical (unpaired) electrons. The number of benzene rings is 2. The molecule has 7 nitrogen and oxygen atoms in total. The molecule has 1 fully saturated rings. The monoisotopic (exact) mass is 484 g/mol. The van der Waals surface area contributed by atoms with E-state index in [4.69, 9.17) is 14.2 Å². The van der Waals surface area contributed by atoms with Crippen LogP contribution in [0.2, 0.25) is 0 Å². The van der Waals surface area contributed by atoms with Crippen molar-refractivity contribution in [1.29, 1.82) is 0 Å². The lowest BCUT2D eigenvalue weighted by molar-refractivity contribution is -0.157. The van der Waals surface area contributed by atoms with E-state index in [1.807, 2.05) is 18.2 Å². The van der Waals surface area contributed by atoms with Crippen LogP contribution < -0.4 is 5.32 Å². The molecule has 35 heavy (non-hydrogen) atoms. The highest BCUT2D eigenvalue weighted by molar-refractivity contribution is 5.82. The summed E-state index contributed by atoms with van der Waals surface area (Å²) in [5.74, 6) is -0.493. The van der Waals surface area contributed by atoms with E-state index in [-0.39, 0.29) is 30.8 Å². The van der Waals surface area contributed by atoms with Gasteiger partial charge in [0, 0.05) is 20.1 Å². The molecule has 2 amide bonds. The molecule has 0 unspecified atom stereocenters. The van der Waals surface area contributed by atoms with Gasteiger partial charge in [0.05, 0.1) is 18.7 Å². The number of alkyl carbamates (subject to hydrolysis) is 1. The number of halogens is 1. The Bertz CT molecular complexity index is 1050. The SMILES string of the molecule is CO[C@H]1CO[C@@H](C(=O)N2CCc3ccccc3[C@@H]2c2ccc(F)cc2)C[C@H]1NC(=O)OC(C)(C)C. The second kappa shape index (κ2) is 10.3. The summed E-state index contributed by atoms with van der Waals surface area (Å²) in [4.78, 5) is 28.0. The third kappa shape index (κ3) is 5.82. The minimum Gasteiger partial charge on any atom is -0.444 e. The first-order valence-electron chi connectivity index (χ1n) is 11.9. The Hall–Kier alpha value is -2.97. The highest BCUT2D eigenvalue weighted by Crippen LogP contribution is 2.36. The van der Waals surface area contributed by atoms with Crippen LogP contribution in [-0.4, -0.2) is 61.0 Å². The van der Waals surface area contributed by atoms with Gasteiger partial charge in [0.25, 0.3) is 5.91 Å². The third-order valence-electron chi connectivity index (χ3n) is 6.41. The highest BCUT2D eigenvalue weighted by Gasteiger charge is 2.41. The Morgan fingerprint density at radius 3 is 2.51 bits per heavy atom. The Balaban J connectivity index is 1.57. The van der Waals surface area contributed by atoms with Crippen LogP contribution in [0.25, 0.3) is 0 Å². The smallest absolute Gasteiger partial charge is 0.407 e. The second-order valence-electron chi connectivity index (χ2n) is 10.0. The fourth-order valence-electron chi connectivity index (χ4n) is 4.79. The van der Waals surface area contributed by atoms with Crippen LogP contribution in [0.15, 0.2) is 48.5 Å². The standard InChI is InChI=1S/C27H33FN2O5/c1-27(2,3)35-26(32)29-21-15-22(34-16-23(21)33-4)25(31)30-14-13-17-7-5-6-8-20(17)24(30)18-9-11-19(28)12-10-18/h5-12,21-24H,13-16H2,1-4H3,(H,29,32)/t21-,22-,23+,24+/m1/s1. The van der Waals surface area contributed by atoms with Gasteiger partial charge in [-0.25, -0.2) is 9.18 Å². The number of nitrogens with zero attached hydrogens (tertiary/aromatic N) is 1. The van der Waals surface area contributed by atoms with Crippen molar-refractivity contribution in [3.05, 3.63) is 71.0 Å². The van der Waals surface area contributed by atoms with E-state index < -0.39 is 29.9 Å². The summed E-state index contributed by atoms with van der Waals surface area (Å²) in [7, 11) is 1.55. The number of hydrogen-bond donors (Lipinski definition) is 1. The van der Waals surface area contributed by atoms with Gasteiger partial charge in [0.2, 0.25) is 0 Å². The van der Waals surface area contributed by atoms with E-state index in [0.717, 1.165) is 11.1 Å². The van der Waals surface area contributed by atoms with E-state index in [1.54, 1.807) is 44.9 Å². The zero-order valence-electron chi connectivity index (χ0n) is 20.6. The van der Waals surface area contributed by atoms with Crippen LogP contribution in [0.4, 0.5) is 9.18 Å². The highest BCUT2D eigenvalue weighted by atomic mass is 19.1. The Kier molecular flexibility index (Phi) is 7.42. The molecule has 8 heteroatoms. The lowest BCUT2D eigenvalue weighted by atomic mass is 9.87. The van der Waals surface area contributed by atoms with Gasteiger partial charge in [-0.1, -0.05) is 36.4 Å².